The van der Waals surface area contributed by atoms with Crippen molar-refractivity contribution >= 4 is 23.2 Å². The summed E-state index contributed by atoms with van der Waals surface area (Å²) in [5.74, 6) is 1.13. The molecule has 96 valence electrons. The molecule has 2 heterocycles. The minimum Gasteiger partial charge on any atom is -0.482 e. The number of aromatic nitrogens is 2. The minimum absolute atomic E-state index is 0.0689. The summed E-state index contributed by atoms with van der Waals surface area (Å²) in [6, 6.07) is 7.27. The molecule has 0 atom stereocenters. The van der Waals surface area contributed by atoms with Gasteiger partial charge in [-0.05, 0) is 24.3 Å². The number of fused-ring (bicyclic) bond motifs is 1. The molecule has 0 radical (unpaired) electrons. The van der Waals surface area contributed by atoms with Crippen molar-refractivity contribution in [2.45, 2.75) is 0 Å². The maximum Gasteiger partial charge on any atom is 0.264 e. The van der Waals surface area contributed by atoms with E-state index < -0.39 is 0 Å². The van der Waals surface area contributed by atoms with Gasteiger partial charge in [-0.2, -0.15) is 0 Å². The number of benzene rings is 1. The zero-order chi connectivity index (χ0) is 13.2. The number of carbonyl (C=O) groups is 1. The highest BCUT2D eigenvalue weighted by Crippen LogP contribution is 2.34. The lowest BCUT2D eigenvalue weighted by atomic mass is 10.2. The molecule has 6 nitrogen and oxygen atoms in total. The Morgan fingerprint density at radius 1 is 1.32 bits per heavy atom. The Bertz CT molecular complexity index is 615. The van der Waals surface area contributed by atoms with Crippen LogP contribution in [0.2, 0.25) is 0 Å². The number of nitrogens with zero attached hydrogens (tertiary/aromatic N) is 3. The molecule has 19 heavy (non-hydrogen) atoms. The highest BCUT2D eigenvalue weighted by molar-refractivity contribution is 5.97. The second kappa shape index (κ2) is 4.56. The number of rotatable bonds is 2. The van der Waals surface area contributed by atoms with Crippen LogP contribution < -0.4 is 15.0 Å². The second-order valence-corrected chi connectivity index (χ2v) is 4.12. The topological polar surface area (TPSA) is 67.3 Å². The Morgan fingerprint density at radius 2 is 2.11 bits per heavy atom. The third-order valence-corrected chi connectivity index (χ3v) is 2.87. The number of ether oxygens (including phenoxy) is 1. The Labute approximate surface area is 110 Å². The summed E-state index contributed by atoms with van der Waals surface area (Å²) >= 11 is 0. The van der Waals surface area contributed by atoms with Crippen LogP contribution in [0.25, 0.3) is 0 Å². The lowest BCUT2D eigenvalue weighted by Gasteiger charge is -2.26. The van der Waals surface area contributed by atoms with Crippen LogP contribution in [0.3, 0.4) is 0 Å². The van der Waals surface area contributed by atoms with Crippen LogP contribution in [-0.4, -0.2) is 29.5 Å². The summed E-state index contributed by atoms with van der Waals surface area (Å²) in [4.78, 5) is 21.3. The van der Waals surface area contributed by atoms with Crippen LogP contribution in [0.15, 0.2) is 36.7 Å². The van der Waals surface area contributed by atoms with E-state index >= 15 is 0 Å². The van der Waals surface area contributed by atoms with E-state index in [-0.39, 0.29) is 12.5 Å². The van der Waals surface area contributed by atoms with E-state index in [4.69, 9.17) is 4.74 Å². The van der Waals surface area contributed by atoms with Crippen LogP contribution in [0.5, 0.6) is 5.75 Å². The summed E-state index contributed by atoms with van der Waals surface area (Å²) in [5.41, 5.74) is 1.53. The smallest absolute Gasteiger partial charge is 0.264 e. The van der Waals surface area contributed by atoms with Crippen molar-refractivity contribution < 1.29 is 9.53 Å². The Hall–Kier alpha value is -2.63. The Kier molecular flexibility index (Phi) is 2.75. The van der Waals surface area contributed by atoms with Crippen LogP contribution in [0.4, 0.5) is 17.3 Å². The van der Waals surface area contributed by atoms with Crippen molar-refractivity contribution in [2.24, 2.45) is 0 Å². The fourth-order valence-electron chi connectivity index (χ4n) is 1.84. The summed E-state index contributed by atoms with van der Waals surface area (Å²) in [5, 5.41) is 3.07. The maximum atomic E-state index is 11.6. The van der Waals surface area contributed by atoms with Gasteiger partial charge in [-0.25, -0.2) is 9.97 Å². The predicted molar refractivity (Wildman–Crippen MR) is 70.7 cm³/mol. The van der Waals surface area contributed by atoms with Crippen LogP contribution in [0.1, 0.15) is 0 Å². The summed E-state index contributed by atoms with van der Waals surface area (Å²) in [6.07, 6.45) is 3.32. The number of carbonyl (C=O) groups excluding carboxylic acids is 1. The monoisotopic (exact) mass is 256 g/mol. The van der Waals surface area contributed by atoms with Crippen molar-refractivity contribution in [1.29, 1.82) is 0 Å². The summed E-state index contributed by atoms with van der Waals surface area (Å²) in [6.45, 7) is 0.0814. The number of nitrogens with one attached hydrogen (secondary N) is 1. The van der Waals surface area contributed by atoms with Crippen molar-refractivity contribution in [1.82, 2.24) is 9.97 Å². The van der Waals surface area contributed by atoms with Gasteiger partial charge < -0.3 is 15.0 Å². The fourth-order valence-corrected chi connectivity index (χ4v) is 1.84. The third-order valence-electron chi connectivity index (χ3n) is 2.87. The standard InChI is InChI=1S/C13H12N4O2/c1-17-10-7-9(16-13-14-5-2-6-15-13)3-4-11(10)19-8-12(17)18/h2-7H,8H2,1H3,(H,14,15,16). The molecular formula is C13H12N4O2. The van der Waals surface area contributed by atoms with E-state index in [0.29, 0.717) is 11.7 Å². The zero-order valence-corrected chi connectivity index (χ0v) is 10.3. The van der Waals surface area contributed by atoms with Gasteiger partial charge in [-0.1, -0.05) is 0 Å². The third kappa shape index (κ3) is 2.20. The molecule has 1 aromatic carbocycles. The molecule has 1 aliphatic rings. The van der Waals surface area contributed by atoms with Gasteiger partial charge in [0.05, 0.1) is 5.69 Å². The van der Waals surface area contributed by atoms with Gasteiger partial charge in [-0.15, -0.1) is 0 Å². The molecule has 1 aromatic heterocycles. The fraction of sp³-hybridized carbons (Fsp3) is 0.154. The van der Waals surface area contributed by atoms with Crippen molar-refractivity contribution in [3.05, 3.63) is 36.7 Å². The van der Waals surface area contributed by atoms with E-state index in [2.05, 4.69) is 15.3 Å². The molecule has 3 rings (SSSR count). The lowest BCUT2D eigenvalue weighted by Crippen LogP contribution is -2.35. The normalized spacial score (nSPS) is 13.7. The molecule has 1 aliphatic heterocycles. The summed E-state index contributed by atoms with van der Waals surface area (Å²) in [7, 11) is 1.73. The van der Waals surface area contributed by atoms with E-state index in [9.17, 15) is 4.79 Å². The number of anilines is 3. The van der Waals surface area contributed by atoms with Gasteiger partial charge in [0.15, 0.2) is 6.61 Å². The lowest BCUT2D eigenvalue weighted by molar-refractivity contribution is -0.120. The van der Waals surface area contributed by atoms with Gasteiger partial charge in [0.25, 0.3) is 5.91 Å². The van der Waals surface area contributed by atoms with E-state index in [1.54, 1.807) is 30.4 Å². The van der Waals surface area contributed by atoms with Gasteiger partial charge in [0.1, 0.15) is 5.75 Å². The van der Waals surface area contributed by atoms with E-state index in [0.717, 1.165) is 11.4 Å². The molecule has 0 unspecified atom stereocenters. The SMILES string of the molecule is CN1C(=O)COc2ccc(Nc3ncccn3)cc21. The van der Waals surface area contributed by atoms with Crippen molar-refractivity contribution in [3.63, 3.8) is 0 Å². The highest BCUT2D eigenvalue weighted by Gasteiger charge is 2.22. The molecule has 1 amide bonds. The van der Waals surface area contributed by atoms with Gasteiger partial charge in [0, 0.05) is 25.1 Å². The number of amides is 1. The largest absolute Gasteiger partial charge is 0.482 e. The van der Waals surface area contributed by atoms with Crippen LogP contribution in [-0.2, 0) is 4.79 Å². The first kappa shape index (κ1) is 11.5. The van der Waals surface area contributed by atoms with E-state index in [1.807, 2.05) is 18.2 Å². The first-order valence-corrected chi connectivity index (χ1v) is 5.81. The average molecular weight is 256 g/mol. The number of likely N-dealkylation sites (N-methyl/N-ethyl adjacent to an activating group) is 1. The first-order valence-electron chi connectivity index (χ1n) is 5.81. The average Bonchev–Trinajstić information content (AvgIpc) is 2.45. The molecule has 0 spiro atoms. The molecule has 0 aliphatic carbocycles. The zero-order valence-electron chi connectivity index (χ0n) is 10.3. The molecule has 0 bridgehead atoms. The first-order chi connectivity index (χ1) is 9.24. The predicted octanol–water partition coefficient (Wildman–Crippen LogP) is 1.58. The quantitative estimate of drug-likeness (QED) is 0.883. The molecule has 0 saturated carbocycles. The summed E-state index contributed by atoms with van der Waals surface area (Å²) < 4.78 is 5.36. The Balaban J connectivity index is 1.91. The molecule has 6 heteroatoms. The highest BCUT2D eigenvalue weighted by atomic mass is 16.5. The van der Waals surface area contributed by atoms with Gasteiger partial charge in [-0.3, -0.25) is 4.79 Å². The molecular weight excluding hydrogens is 244 g/mol. The van der Waals surface area contributed by atoms with Gasteiger partial charge >= 0.3 is 0 Å². The Morgan fingerprint density at radius 3 is 2.89 bits per heavy atom. The number of hydrogen-bond acceptors (Lipinski definition) is 5. The van der Waals surface area contributed by atoms with Gasteiger partial charge in [0.2, 0.25) is 5.95 Å². The maximum absolute atomic E-state index is 11.6. The second-order valence-electron chi connectivity index (χ2n) is 4.12. The van der Waals surface area contributed by atoms with E-state index in [1.165, 1.54) is 0 Å². The van der Waals surface area contributed by atoms with Crippen LogP contribution in [0, 0.1) is 0 Å². The molecule has 1 N–H and O–H groups in total. The minimum atomic E-state index is -0.0689. The van der Waals surface area contributed by atoms with Crippen molar-refractivity contribution in [3.8, 4) is 5.75 Å². The molecule has 2 aromatic rings. The number of hydrogen-bond donors (Lipinski definition) is 1. The molecule has 0 saturated heterocycles. The van der Waals surface area contributed by atoms with Crippen LogP contribution >= 0.6 is 0 Å². The van der Waals surface area contributed by atoms with Crippen molar-refractivity contribution in [2.75, 3.05) is 23.9 Å². The molecule has 0 fully saturated rings.